The second-order valence-electron chi connectivity index (χ2n) is 5.53. The highest BCUT2D eigenvalue weighted by atomic mass is 16.5. The van der Waals surface area contributed by atoms with Gasteiger partial charge in [-0.25, -0.2) is 0 Å². The van der Waals surface area contributed by atoms with Crippen molar-refractivity contribution in [3.8, 4) is 5.75 Å². The third kappa shape index (κ3) is 3.56. The van der Waals surface area contributed by atoms with Crippen LogP contribution in [0.3, 0.4) is 0 Å². The Kier molecular flexibility index (Phi) is 5.62. The monoisotopic (exact) mass is 290 g/mol. The average Bonchev–Trinajstić information content (AvgIpc) is 2.54. The number of para-hydroxylation sites is 1. The molecule has 0 aromatic heterocycles. The van der Waals surface area contributed by atoms with E-state index in [1.165, 1.54) is 0 Å². The Balaban J connectivity index is 2.13. The van der Waals surface area contributed by atoms with Crippen LogP contribution >= 0.6 is 0 Å². The fraction of sp³-hybridized carbons (Fsp3) is 0.588. The molecule has 0 spiro atoms. The van der Waals surface area contributed by atoms with Crippen molar-refractivity contribution in [3.05, 3.63) is 29.8 Å². The van der Waals surface area contributed by atoms with Crippen LogP contribution in [0.1, 0.15) is 37.0 Å². The molecule has 2 rings (SSSR count). The maximum absolute atomic E-state index is 12.8. The van der Waals surface area contributed by atoms with Crippen LogP contribution < -0.4 is 10.1 Å². The fourth-order valence-electron chi connectivity index (χ4n) is 3.11. The number of hydrogen-bond donors (Lipinski definition) is 1. The van der Waals surface area contributed by atoms with Gasteiger partial charge < -0.3 is 15.0 Å². The molecule has 1 N–H and O–H groups in total. The Morgan fingerprint density at radius 3 is 2.81 bits per heavy atom. The zero-order chi connectivity index (χ0) is 15.2. The van der Waals surface area contributed by atoms with Crippen molar-refractivity contribution in [1.82, 2.24) is 10.2 Å². The highest BCUT2D eigenvalue weighted by Gasteiger charge is 2.30. The number of piperidine rings is 1. The van der Waals surface area contributed by atoms with E-state index in [0.29, 0.717) is 29.9 Å². The van der Waals surface area contributed by atoms with E-state index in [-0.39, 0.29) is 5.91 Å². The van der Waals surface area contributed by atoms with E-state index in [9.17, 15) is 4.79 Å². The van der Waals surface area contributed by atoms with Crippen LogP contribution in [0.15, 0.2) is 24.3 Å². The zero-order valence-electron chi connectivity index (χ0n) is 13.3. The van der Waals surface area contributed by atoms with Gasteiger partial charge in [-0.1, -0.05) is 25.5 Å². The molecular weight excluding hydrogens is 264 g/mol. The summed E-state index contributed by atoms with van der Waals surface area (Å²) in [5, 5.41) is 3.37. The van der Waals surface area contributed by atoms with Gasteiger partial charge in [-0.3, -0.25) is 4.79 Å². The second kappa shape index (κ2) is 7.46. The third-order valence-corrected chi connectivity index (χ3v) is 4.33. The number of ether oxygens (including phenoxy) is 1. The fourth-order valence-corrected chi connectivity index (χ4v) is 3.11. The van der Waals surface area contributed by atoms with Gasteiger partial charge in [0.2, 0.25) is 0 Å². The first-order valence-electron chi connectivity index (χ1n) is 7.89. The summed E-state index contributed by atoms with van der Waals surface area (Å²) in [4.78, 5) is 14.7. The lowest BCUT2D eigenvalue weighted by Crippen LogP contribution is -2.50. The van der Waals surface area contributed by atoms with Crippen molar-refractivity contribution in [3.63, 3.8) is 0 Å². The van der Waals surface area contributed by atoms with Crippen LogP contribution in [0.25, 0.3) is 0 Å². The van der Waals surface area contributed by atoms with Gasteiger partial charge in [-0.05, 0) is 38.4 Å². The summed E-state index contributed by atoms with van der Waals surface area (Å²) in [7, 11) is 2.01. The van der Waals surface area contributed by atoms with Crippen LogP contribution in [0.4, 0.5) is 0 Å². The van der Waals surface area contributed by atoms with Gasteiger partial charge >= 0.3 is 0 Å². The van der Waals surface area contributed by atoms with Gasteiger partial charge in [-0.15, -0.1) is 0 Å². The molecule has 0 saturated carbocycles. The van der Waals surface area contributed by atoms with E-state index in [0.717, 1.165) is 25.9 Å². The molecule has 2 unspecified atom stereocenters. The Labute approximate surface area is 127 Å². The molecule has 1 fully saturated rings. The molecule has 21 heavy (non-hydrogen) atoms. The number of benzene rings is 1. The standard InChI is InChI=1S/C17H26N2O2/c1-4-13-12-19(11-10-15(13)18-3)17(20)14-8-6-7-9-16(14)21-5-2/h6-9,13,15,18H,4-5,10-12H2,1-3H3. The number of carbonyl (C=O) groups excluding carboxylic acids is 1. The van der Waals surface area contributed by atoms with E-state index in [4.69, 9.17) is 4.74 Å². The SMILES string of the molecule is CCOc1ccccc1C(=O)N1CCC(NC)C(CC)C1. The van der Waals surface area contributed by atoms with E-state index in [1.807, 2.05) is 43.1 Å². The molecular formula is C17H26N2O2. The van der Waals surface area contributed by atoms with Crippen molar-refractivity contribution >= 4 is 5.91 Å². The van der Waals surface area contributed by atoms with Crippen LogP contribution in [-0.4, -0.2) is 43.6 Å². The normalized spacial score (nSPS) is 22.1. The number of amides is 1. The van der Waals surface area contributed by atoms with Crippen molar-refractivity contribution in [2.45, 2.75) is 32.7 Å². The molecule has 1 aromatic rings. The van der Waals surface area contributed by atoms with Gasteiger partial charge in [0.25, 0.3) is 5.91 Å². The van der Waals surface area contributed by atoms with Gasteiger partial charge in [0.1, 0.15) is 5.75 Å². The summed E-state index contributed by atoms with van der Waals surface area (Å²) >= 11 is 0. The Hall–Kier alpha value is -1.55. The second-order valence-corrected chi connectivity index (χ2v) is 5.53. The molecule has 4 heteroatoms. The van der Waals surface area contributed by atoms with Crippen LogP contribution in [0.2, 0.25) is 0 Å². The molecule has 1 aliphatic heterocycles. The Morgan fingerprint density at radius 1 is 1.38 bits per heavy atom. The first-order valence-corrected chi connectivity index (χ1v) is 7.89. The largest absolute Gasteiger partial charge is 0.493 e. The van der Waals surface area contributed by atoms with Crippen LogP contribution in [0.5, 0.6) is 5.75 Å². The summed E-state index contributed by atoms with van der Waals surface area (Å²) in [6.07, 6.45) is 2.10. The number of rotatable bonds is 5. The third-order valence-electron chi connectivity index (χ3n) is 4.33. The minimum atomic E-state index is 0.0899. The molecule has 1 heterocycles. The van der Waals surface area contributed by atoms with Gasteiger partial charge in [0.05, 0.1) is 12.2 Å². The highest BCUT2D eigenvalue weighted by molar-refractivity contribution is 5.97. The summed E-state index contributed by atoms with van der Waals surface area (Å²) < 4.78 is 5.58. The van der Waals surface area contributed by atoms with Gasteiger partial charge in [0, 0.05) is 19.1 Å². The average molecular weight is 290 g/mol. The number of nitrogens with one attached hydrogen (secondary N) is 1. The Bertz CT molecular complexity index is 476. The lowest BCUT2D eigenvalue weighted by molar-refractivity contribution is 0.0627. The maximum atomic E-state index is 12.8. The van der Waals surface area contributed by atoms with Crippen LogP contribution in [0, 0.1) is 5.92 Å². The molecule has 1 aliphatic rings. The quantitative estimate of drug-likeness (QED) is 0.906. The summed E-state index contributed by atoms with van der Waals surface area (Å²) in [6.45, 7) is 6.33. The number of likely N-dealkylation sites (tertiary alicyclic amines) is 1. The van der Waals surface area contributed by atoms with Crippen molar-refractivity contribution in [2.24, 2.45) is 5.92 Å². The molecule has 0 bridgehead atoms. The number of carbonyl (C=O) groups is 1. The molecule has 1 aromatic carbocycles. The predicted octanol–water partition coefficient (Wildman–Crippen LogP) is 2.55. The first-order chi connectivity index (χ1) is 10.2. The molecule has 116 valence electrons. The summed E-state index contributed by atoms with van der Waals surface area (Å²) in [5.41, 5.74) is 0.678. The lowest BCUT2D eigenvalue weighted by atomic mass is 9.89. The topological polar surface area (TPSA) is 41.6 Å². The zero-order valence-corrected chi connectivity index (χ0v) is 13.3. The lowest BCUT2D eigenvalue weighted by Gasteiger charge is -2.38. The summed E-state index contributed by atoms with van der Waals surface area (Å²) in [5.74, 6) is 1.30. The number of hydrogen-bond acceptors (Lipinski definition) is 3. The van der Waals surface area contributed by atoms with Crippen molar-refractivity contribution in [1.29, 1.82) is 0 Å². The minimum Gasteiger partial charge on any atom is -0.493 e. The maximum Gasteiger partial charge on any atom is 0.257 e. The van der Waals surface area contributed by atoms with Crippen molar-refractivity contribution in [2.75, 3.05) is 26.7 Å². The van der Waals surface area contributed by atoms with Crippen molar-refractivity contribution < 1.29 is 9.53 Å². The van der Waals surface area contributed by atoms with Crippen LogP contribution in [-0.2, 0) is 0 Å². The Morgan fingerprint density at radius 2 is 2.14 bits per heavy atom. The molecule has 2 atom stereocenters. The minimum absolute atomic E-state index is 0.0899. The summed E-state index contributed by atoms with van der Waals surface area (Å²) in [6, 6.07) is 8.05. The predicted molar refractivity (Wildman–Crippen MR) is 84.8 cm³/mol. The molecule has 0 aliphatic carbocycles. The van der Waals surface area contributed by atoms with E-state index >= 15 is 0 Å². The molecule has 1 saturated heterocycles. The van der Waals surface area contributed by atoms with Gasteiger partial charge in [0.15, 0.2) is 0 Å². The first kappa shape index (κ1) is 15.8. The van der Waals surface area contributed by atoms with Gasteiger partial charge in [-0.2, -0.15) is 0 Å². The van der Waals surface area contributed by atoms with E-state index < -0.39 is 0 Å². The van der Waals surface area contributed by atoms with E-state index in [2.05, 4.69) is 12.2 Å². The highest BCUT2D eigenvalue weighted by Crippen LogP contribution is 2.25. The smallest absolute Gasteiger partial charge is 0.257 e. The molecule has 1 amide bonds. The number of nitrogens with zero attached hydrogens (tertiary/aromatic N) is 1. The van der Waals surface area contributed by atoms with E-state index in [1.54, 1.807) is 0 Å². The molecule has 4 nitrogen and oxygen atoms in total. The molecule has 0 radical (unpaired) electrons.